The minimum atomic E-state index is -4.49. The predicted octanol–water partition coefficient (Wildman–Crippen LogP) is 9.48. The van der Waals surface area contributed by atoms with Crippen molar-refractivity contribution in [2.24, 2.45) is 0 Å². The Bertz CT molecular complexity index is 1520. The first kappa shape index (κ1) is 30.6. The van der Waals surface area contributed by atoms with Gasteiger partial charge in [0, 0.05) is 24.1 Å². The van der Waals surface area contributed by atoms with Gasteiger partial charge in [0.1, 0.15) is 0 Å². The molecular formula is C36H39F3N2O2. The summed E-state index contributed by atoms with van der Waals surface area (Å²) < 4.78 is 40.5. The number of Topliss-reactive ketones (excluding diaryl/α,β-unsaturated/α-hetero) is 1. The maximum absolute atomic E-state index is 14.2. The van der Waals surface area contributed by atoms with Crippen LogP contribution in [0.3, 0.4) is 0 Å². The molecule has 2 aliphatic rings. The Morgan fingerprint density at radius 2 is 1.49 bits per heavy atom. The molecule has 3 aromatic carbocycles. The van der Waals surface area contributed by atoms with Gasteiger partial charge >= 0.3 is 6.18 Å². The molecular weight excluding hydrogens is 549 g/mol. The van der Waals surface area contributed by atoms with Gasteiger partial charge < -0.3 is 5.32 Å². The average Bonchev–Trinajstić information content (AvgIpc) is 3.11. The molecule has 1 N–H and O–H groups in total. The molecule has 1 aliphatic carbocycles. The fourth-order valence-electron chi connectivity index (χ4n) is 6.17. The van der Waals surface area contributed by atoms with E-state index < -0.39 is 17.8 Å². The molecule has 43 heavy (non-hydrogen) atoms. The number of nitrogens with zero attached hydrogens (tertiary/aromatic N) is 1. The molecule has 5 rings (SSSR count). The van der Waals surface area contributed by atoms with Crippen molar-refractivity contribution in [2.75, 3.05) is 10.2 Å². The van der Waals surface area contributed by atoms with Gasteiger partial charge in [-0.2, -0.15) is 13.2 Å². The van der Waals surface area contributed by atoms with Crippen LogP contribution in [-0.4, -0.2) is 11.7 Å². The van der Waals surface area contributed by atoms with Crippen molar-refractivity contribution < 1.29 is 22.8 Å². The highest BCUT2D eigenvalue weighted by atomic mass is 19.4. The van der Waals surface area contributed by atoms with Crippen molar-refractivity contribution in [3.05, 3.63) is 106 Å². The molecule has 0 fully saturated rings. The summed E-state index contributed by atoms with van der Waals surface area (Å²) in [5, 5.41) is 3.50. The number of allylic oxidation sites excluding steroid dienone is 1. The lowest BCUT2D eigenvalue weighted by atomic mass is 9.77. The third kappa shape index (κ3) is 6.41. The summed E-state index contributed by atoms with van der Waals surface area (Å²) in [6.45, 7) is 8.54. The third-order valence-corrected chi connectivity index (χ3v) is 8.55. The Balaban J connectivity index is 1.63. The van der Waals surface area contributed by atoms with Crippen molar-refractivity contribution in [3.8, 4) is 0 Å². The summed E-state index contributed by atoms with van der Waals surface area (Å²) in [4.78, 5) is 29.8. The number of fused-ring (bicyclic) bond motifs is 1. The van der Waals surface area contributed by atoms with Gasteiger partial charge in [0.2, 0.25) is 5.91 Å². The van der Waals surface area contributed by atoms with Gasteiger partial charge in [0.15, 0.2) is 5.78 Å². The number of carbonyl (C=O) groups excluding carboxylic acids is 2. The minimum absolute atomic E-state index is 0.00513. The number of amides is 1. The maximum Gasteiger partial charge on any atom is 0.416 e. The first-order chi connectivity index (χ1) is 20.4. The molecule has 0 bridgehead atoms. The maximum atomic E-state index is 14.2. The SMILES string of the molecule is CCCCCC(=O)N1c2ccccc2NC2=C(C(=O)C[C@H](c3ccc(C(C)(C)C)cc3)C2)[C@@H]1c1ccc(C(F)(F)F)cc1. The van der Waals surface area contributed by atoms with Crippen LogP contribution in [0.5, 0.6) is 0 Å². The zero-order valence-electron chi connectivity index (χ0n) is 25.2. The first-order valence-electron chi connectivity index (χ1n) is 15.1. The lowest BCUT2D eigenvalue weighted by Crippen LogP contribution is -2.38. The molecule has 1 aliphatic heterocycles. The minimum Gasteiger partial charge on any atom is -0.357 e. The van der Waals surface area contributed by atoms with E-state index >= 15 is 0 Å². The topological polar surface area (TPSA) is 49.4 Å². The third-order valence-electron chi connectivity index (χ3n) is 8.55. The molecule has 0 spiro atoms. The normalized spacial score (nSPS) is 19.0. The van der Waals surface area contributed by atoms with Crippen molar-refractivity contribution in [1.29, 1.82) is 0 Å². The summed E-state index contributed by atoms with van der Waals surface area (Å²) in [5.41, 5.74) is 4.45. The summed E-state index contributed by atoms with van der Waals surface area (Å²) in [6, 6.07) is 19.9. The molecule has 226 valence electrons. The van der Waals surface area contributed by atoms with Gasteiger partial charge in [0.05, 0.1) is 23.0 Å². The number of hydrogen-bond donors (Lipinski definition) is 1. The number of para-hydroxylation sites is 2. The van der Waals surface area contributed by atoms with Crippen molar-refractivity contribution in [3.63, 3.8) is 0 Å². The number of anilines is 2. The van der Waals surface area contributed by atoms with Crippen LogP contribution in [0.4, 0.5) is 24.5 Å². The van der Waals surface area contributed by atoms with E-state index in [0.717, 1.165) is 30.5 Å². The monoisotopic (exact) mass is 588 g/mol. The summed E-state index contributed by atoms with van der Waals surface area (Å²) in [5.74, 6) is -0.336. The molecule has 1 amide bonds. The number of benzene rings is 3. The van der Waals surface area contributed by atoms with Crippen LogP contribution in [0, 0.1) is 0 Å². The Hall–Kier alpha value is -3.87. The lowest BCUT2D eigenvalue weighted by molar-refractivity contribution is -0.137. The highest BCUT2D eigenvalue weighted by Crippen LogP contribution is 2.48. The summed E-state index contributed by atoms with van der Waals surface area (Å²) in [6.07, 6.45) is -0.911. The van der Waals surface area contributed by atoms with Gasteiger partial charge in [-0.15, -0.1) is 0 Å². The largest absolute Gasteiger partial charge is 0.416 e. The Morgan fingerprint density at radius 1 is 0.860 bits per heavy atom. The van der Waals surface area contributed by atoms with Crippen LogP contribution in [-0.2, 0) is 21.2 Å². The van der Waals surface area contributed by atoms with E-state index in [2.05, 4.69) is 57.3 Å². The van der Waals surface area contributed by atoms with Crippen LogP contribution in [0.2, 0.25) is 0 Å². The molecule has 0 saturated carbocycles. The highest BCUT2D eigenvalue weighted by molar-refractivity contribution is 6.06. The fraction of sp³-hybridized carbons (Fsp3) is 0.389. The Kier molecular flexibility index (Phi) is 8.55. The van der Waals surface area contributed by atoms with Gasteiger partial charge in [-0.25, -0.2) is 0 Å². The van der Waals surface area contributed by atoms with E-state index in [1.807, 2.05) is 24.3 Å². The zero-order chi connectivity index (χ0) is 30.9. The number of halogens is 3. The Morgan fingerprint density at radius 3 is 2.12 bits per heavy atom. The van der Waals surface area contributed by atoms with E-state index in [1.165, 1.54) is 17.7 Å². The molecule has 0 aromatic heterocycles. The number of rotatable bonds is 6. The molecule has 1 heterocycles. The number of ketones is 1. The van der Waals surface area contributed by atoms with Crippen molar-refractivity contribution >= 4 is 23.1 Å². The second kappa shape index (κ2) is 12.0. The van der Waals surface area contributed by atoms with E-state index in [0.29, 0.717) is 41.1 Å². The lowest BCUT2D eigenvalue weighted by Gasteiger charge is -2.35. The molecule has 3 aromatic rings. The first-order valence-corrected chi connectivity index (χ1v) is 15.1. The van der Waals surface area contributed by atoms with E-state index in [9.17, 15) is 22.8 Å². The van der Waals surface area contributed by atoms with E-state index in [-0.39, 0.29) is 35.9 Å². The van der Waals surface area contributed by atoms with E-state index in [1.54, 1.807) is 4.90 Å². The van der Waals surface area contributed by atoms with Gasteiger partial charge in [-0.05, 0) is 65.1 Å². The molecule has 0 unspecified atom stereocenters. The second-order valence-electron chi connectivity index (χ2n) is 12.7. The van der Waals surface area contributed by atoms with Gasteiger partial charge in [-0.3, -0.25) is 14.5 Å². The number of alkyl halides is 3. The quantitative estimate of drug-likeness (QED) is 0.292. The van der Waals surface area contributed by atoms with Crippen LogP contribution in [0.1, 0.15) is 100 Å². The molecule has 2 atom stereocenters. The second-order valence-corrected chi connectivity index (χ2v) is 12.7. The summed E-state index contributed by atoms with van der Waals surface area (Å²) >= 11 is 0. The standard InChI is InChI=1S/C36H39F3N2O2/c1-5-6-7-12-32(43)41-30-11-9-8-10-28(30)40-29-21-25(23-13-17-26(18-14-23)35(2,3)4)22-31(42)33(29)34(41)24-15-19-27(20-16-24)36(37,38)39/h8-11,13-20,25,34,40H,5-7,12,21-22H2,1-4H3/t25-,34+/m1/s1. The Labute approximate surface area is 252 Å². The molecule has 7 heteroatoms. The van der Waals surface area contributed by atoms with Crippen LogP contribution in [0.15, 0.2) is 84.1 Å². The smallest absolute Gasteiger partial charge is 0.357 e. The van der Waals surface area contributed by atoms with Crippen LogP contribution in [0.25, 0.3) is 0 Å². The number of unbranched alkanes of at least 4 members (excludes halogenated alkanes) is 2. The van der Waals surface area contributed by atoms with Gasteiger partial charge in [-0.1, -0.05) is 89.1 Å². The number of hydrogen-bond acceptors (Lipinski definition) is 3. The fourth-order valence-corrected chi connectivity index (χ4v) is 6.17. The average molecular weight is 589 g/mol. The predicted molar refractivity (Wildman–Crippen MR) is 165 cm³/mol. The molecule has 0 radical (unpaired) electrons. The summed E-state index contributed by atoms with van der Waals surface area (Å²) in [7, 11) is 0. The van der Waals surface area contributed by atoms with Crippen LogP contribution < -0.4 is 10.2 Å². The number of carbonyl (C=O) groups is 2. The van der Waals surface area contributed by atoms with E-state index in [4.69, 9.17) is 0 Å². The highest BCUT2D eigenvalue weighted by Gasteiger charge is 2.42. The van der Waals surface area contributed by atoms with Crippen LogP contribution >= 0.6 is 0 Å². The number of nitrogens with one attached hydrogen (secondary N) is 1. The molecule has 0 saturated heterocycles. The van der Waals surface area contributed by atoms with Crippen molar-refractivity contribution in [2.45, 2.75) is 89.8 Å². The zero-order valence-corrected chi connectivity index (χ0v) is 25.2. The van der Waals surface area contributed by atoms with Crippen molar-refractivity contribution in [1.82, 2.24) is 0 Å². The van der Waals surface area contributed by atoms with Gasteiger partial charge in [0.25, 0.3) is 0 Å². The molecule has 4 nitrogen and oxygen atoms in total.